The van der Waals surface area contributed by atoms with Crippen LogP contribution in [0.15, 0.2) is 22.7 Å². The molecule has 0 unspecified atom stereocenters. The molecule has 0 radical (unpaired) electrons. The van der Waals surface area contributed by atoms with E-state index in [0.717, 1.165) is 10.9 Å². The lowest BCUT2D eigenvalue weighted by molar-refractivity contribution is 0.0797. The van der Waals surface area contributed by atoms with Crippen molar-refractivity contribution in [3.63, 3.8) is 0 Å². The van der Waals surface area contributed by atoms with Crippen molar-refractivity contribution in [3.05, 3.63) is 28.5 Å². The van der Waals surface area contributed by atoms with Gasteiger partial charge in [0.2, 0.25) is 0 Å². The zero-order valence-corrected chi connectivity index (χ0v) is 11.3. The SMILES string of the molecule is COCCCOCCOc1cc(Br)ccc1F. The lowest BCUT2D eigenvalue weighted by Gasteiger charge is -2.08. The largest absolute Gasteiger partial charge is 0.488 e. The molecule has 0 aliphatic heterocycles. The normalized spacial score (nSPS) is 10.5. The van der Waals surface area contributed by atoms with Crippen molar-refractivity contribution in [2.75, 3.05) is 33.5 Å². The molecule has 1 rings (SSSR count). The maximum Gasteiger partial charge on any atom is 0.165 e. The van der Waals surface area contributed by atoms with Gasteiger partial charge in [-0.25, -0.2) is 4.39 Å². The summed E-state index contributed by atoms with van der Waals surface area (Å²) in [5.74, 6) is -0.132. The highest BCUT2D eigenvalue weighted by molar-refractivity contribution is 9.10. The van der Waals surface area contributed by atoms with Gasteiger partial charge >= 0.3 is 0 Å². The van der Waals surface area contributed by atoms with E-state index in [2.05, 4.69) is 15.9 Å². The zero-order chi connectivity index (χ0) is 12.5. The molecular weight excluding hydrogens is 291 g/mol. The van der Waals surface area contributed by atoms with Crippen LogP contribution in [-0.4, -0.2) is 33.5 Å². The first kappa shape index (κ1) is 14.4. The second kappa shape index (κ2) is 8.44. The molecular formula is C12H16BrFO3. The summed E-state index contributed by atoms with van der Waals surface area (Å²) in [6, 6.07) is 4.59. The van der Waals surface area contributed by atoms with Gasteiger partial charge in [-0.05, 0) is 24.6 Å². The first-order chi connectivity index (χ1) is 8.24. The Kier molecular flexibility index (Phi) is 7.16. The molecule has 0 fully saturated rings. The van der Waals surface area contributed by atoms with Crippen LogP contribution in [0, 0.1) is 5.82 Å². The van der Waals surface area contributed by atoms with E-state index in [0.29, 0.717) is 26.4 Å². The molecule has 17 heavy (non-hydrogen) atoms. The van der Waals surface area contributed by atoms with Crippen LogP contribution in [0.2, 0.25) is 0 Å². The first-order valence-corrected chi connectivity index (χ1v) is 6.18. The molecule has 0 heterocycles. The van der Waals surface area contributed by atoms with Crippen LogP contribution in [0.4, 0.5) is 4.39 Å². The Morgan fingerprint density at radius 3 is 2.76 bits per heavy atom. The van der Waals surface area contributed by atoms with Crippen molar-refractivity contribution in [1.82, 2.24) is 0 Å². The van der Waals surface area contributed by atoms with Crippen molar-refractivity contribution in [1.29, 1.82) is 0 Å². The van der Waals surface area contributed by atoms with Crippen molar-refractivity contribution >= 4 is 15.9 Å². The second-order valence-corrected chi connectivity index (χ2v) is 4.30. The Balaban J connectivity index is 2.15. The molecule has 0 saturated heterocycles. The van der Waals surface area contributed by atoms with E-state index in [9.17, 15) is 4.39 Å². The van der Waals surface area contributed by atoms with Gasteiger partial charge in [0.25, 0.3) is 0 Å². The van der Waals surface area contributed by atoms with E-state index in [-0.39, 0.29) is 11.6 Å². The average molecular weight is 307 g/mol. The van der Waals surface area contributed by atoms with Crippen molar-refractivity contribution in [2.45, 2.75) is 6.42 Å². The molecule has 0 bridgehead atoms. The summed E-state index contributed by atoms with van der Waals surface area (Å²) in [4.78, 5) is 0. The maximum absolute atomic E-state index is 13.2. The summed E-state index contributed by atoms with van der Waals surface area (Å²) in [5, 5.41) is 0. The topological polar surface area (TPSA) is 27.7 Å². The highest BCUT2D eigenvalue weighted by atomic mass is 79.9. The number of benzene rings is 1. The third kappa shape index (κ3) is 6.00. The van der Waals surface area contributed by atoms with Crippen molar-refractivity contribution in [3.8, 4) is 5.75 Å². The molecule has 1 aromatic carbocycles. The first-order valence-electron chi connectivity index (χ1n) is 5.38. The van der Waals surface area contributed by atoms with Crippen LogP contribution in [0.5, 0.6) is 5.75 Å². The van der Waals surface area contributed by atoms with E-state index in [1.807, 2.05) is 0 Å². The third-order valence-electron chi connectivity index (χ3n) is 2.02. The van der Waals surface area contributed by atoms with Crippen LogP contribution in [-0.2, 0) is 9.47 Å². The second-order valence-electron chi connectivity index (χ2n) is 3.38. The summed E-state index contributed by atoms with van der Waals surface area (Å²) in [6.07, 6.45) is 0.849. The minimum absolute atomic E-state index is 0.236. The summed E-state index contributed by atoms with van der Waals surface area (Å²) in [5.41, 5.74) is 0. The molecule has 3 nitrogen and oxygen atoms in total. The van der Waals surface area contributed by atoms with Gasteiger partial charge < -0.3 is 14.2 Å². The fraction of sp³-hybridized carbons (Fsp3) is 0.500. The molecule has 0 amide bonds. The van der Waals surface area contributed by atoms with Crippen molar-refractivity contribution < 1.29 is 18.6 Å². The van der Waals surface area contributed by atoms with E-state index in [1.54, 1.807) is 19.2 Å². The van der Waals surface area contributed by atoms with Crippen LogP contribution >= 0.6 is 15.9 Å². The molecule has 0 N–H and O–H groups in total. The molecule has 0 aliphatic rings. The molecule has 0 saturated carbocycles. The number of hydrogen-bond acceptors (Lipinski definition) is 3. The molecule has 5 heteroatoms. The molecule has 0 aromatic heterocycles. The Bertz CT molecular complexity index is 334. The molecule has 1 aromatic rings. The smallest absolute Gasteiger partial charge is 0.165 e. The summed E-state index contributed by atoms with van der Waals surface area (Å²) >= 11 is 3.26. The summed E-state index contributed by atoms with van der Waals surface area (Å²) < 4.78 is 29.5. The quantitative estimate of drug-likeness (QED) is 0.691. The van der Waals surface area contributed by atoms with Gasteiger partial charge in [0.15, 0.2) is 11.6 Å². The Labute approximate surface area is 109 Å². The standard InChI is InChI=1S/C12H16BrFO3/c1-15-5-2-6-16-7-8-17-12-9-10(13)3-4-11(12)14/h3-4,9H,2,5-8H2,1H3. The number of hydrogen-bond donors (Lipinski definition) is 0. The van der Waals surface area contributed by atoms with Crippen LogP contribution in [0.25, 0.3) is 0 Å². The molecule has 0 spiro atoms. The van der Waals surface area contributed by atoms with Gasteiger partial charge in [0.05, 0.1) is 6.61 Å². The van der Waals surface area contributed by atoms with Crippen LogP contribution in [0.1, 0.15) is 6.42 Å². The van der Waals surface area contributed by atoms with E-state index in [4.69, 9.17) is 14.2 Å². The summed E-state index contributed by atoms with van der Waals surface area (Å²) in [6.45, 7) is 2.08. The Morgan fingerprint density at radius 1 is 1.18 bits per heavy atom. The average Bonchev–Trinajstić information content (AvgIpc) is 2.32. The minimum Gasteiger partial charge on any atom is -0.488 e. The van der Waals surface area contributed by atoms with Crippen molar-refractivity contribution in [2.24, 2.45) is 0 Å². The molecule has 96 valence electrons. The lowest BCUT2D eigenvalue weighted by Crippen LogP contribution is -2.09. The Hall–Kier alpha value is -0.650. The highest BCUT2D eigenvalue weighted by Crippen LogP contribution is 2.21. The van der Waals surface area contributed by atoms with Crippen LogP contribution < -0.4 is 4.74 Å². The fourth-order valence-corrected chi connectivity index (χ4v) is 1.55. The summed E-state index contributed by atoms with van der Waals surface area (Å²) in [7, 11) is 1.65. The van der Waals surface area contributed by atoms with Gasteiger partial charge in [0, 0.05) is 24.8 Å². The van der Waals surface area contributed by atoms with Gasteiger partial charge in [-0.1, -0.05) is 15.9 Å². The van der Waals surface area contributed by atoms with E-state index in [1.165, 1.54) is 6.07 Å². The van der Waals surface area contributed by atoms with Gasteiger partial charge in [0.1, 0.15) is 6.61 Å². The predicted octanol–water partition coefficient (Wildman–Crippen LogP) is 3.02. The zero-order valence-electron chi connectivity index (χ0n) is 9.75. The van der Waals surface area contributed by atoms with E-state index >= 15 is 0 Å². The van der Waals surface area contributed by atoms with Gasteiger partial charge in [-0.15, -0.1) is 0 Å². The third-order valence-corrected chi connectivity index (χ3v) is 2.51. The predicted molar refractivity (Wildman–Crippen MR) is 66.9 cm³/mol. The monoisotopic (exact) mass is 306 g/mol. The molecule has 0 atom stereocenters. The van der Waals surface area contributed by atoms with E-state index < -0.39 is 0 Å². The number of rotatable bonds is 8. The highest BCUT2D eigenvalue weighted by Gasteiger charge is 2.03. The van der Waals surface area contributed by atoms with Crippen LogP contribution in [0.3, 0.4) is 0 Å². The van der Waals surface area contributed by atoms with Gasteiger partial charge in [-0.2, -0.15) is 0 Å². The number of methoxy groups -OCH3 is 1. The number of halogens is 2. The van der Waals surface area contributed by atoms with Gasteiger partial charge in [-0.3, -0.25) is 0 Å². The minimum atomic E-state index is -0.368. The molecule has 0 aliphatic carbocycles. The maximum atomic E-state index is 13.2. The lowest BCUT2D eigenvalue weighted by atomic mass is 10.3. The number of ether oxygens (including phenoxy) is 3. The Morgan fingerprint density at radius 2 is 2.00 bits per heavy atom. The fourth-order valence-electron chi connectivity index (χ4n) is 1.21.